The second-order valence-electron chi connectivity index (χ2n) is 7.17. The third-order valence-electron chi connectivity index (χ3n) is 5.28. The number of ether oxygens (including phenoxy) is 1. The Morgan fingerprint density at radius 1 is 1.23 bits per heavy atom. The zero-order chi connectivity index (χ0) is 14.9. The van der Waals surface area contributed by atoms with E-state index in [9.17, 15) is 0 Å². The van der Waals surface area contributed by atoms with Gasteiger partial charge in [-0.25, -0.2) is 0 Å². The third-order valence-corrected chi connectivity index (χ3v) is 5.28. The molecule has 1 unspecified atom stereocenters. The number of hydrogen-bond acceptors (Lipinski definition) is 5. The Morgan fingerprint density at radius 2 is 2.09 bits per heavy atom. The van der Waals surface area contributed by atoms with Gasteiger partial charge in [-0.1, -0.05) is 0 Å². The van der Waals surface area contributed by atoms with Gasteiger partial charge in [0.15, 0.2) is 5.82 Å². The van der Waals surface area contributed by atoms with Gasteiger partial charge in [0.05, 0.1) is 12.3 Å². The minimum atomic E-state index is 0.645. The fraction of sp³-hybridized carbons (Fsp3) is 0.765. The van der Waals surface area contributed by atoms with Crippen LogP contribution >= 0.6 is 0 Å². The molecule has 1 atom stereocenters. The lowest BCUT2D eigenvalue weighted by Gasteiger charge is -2.45. The molecule has 0 radical (unpaired) electrons. The molecule has 3 heterocycles. The highest BCUT2D eigenvalue weighted by molar-refractivity contribution is 5.42. The highest BCUT2D eigenvalue weighted by atomic mass is 16.5. The van der Waals surface area contributed by atoms with E-state index in [-0.39, 0.29) is 0 Å². The quantitative estimate of drug-likeness (QED) is 0.831. The van der Waals surface area contributed by atoms with Crippen LogP contribution in [0, 0.1) is 5.92 Å². The van der Waals surface area contributed by atoms with E-state index in [0.717, 1.165) is 38.7 Å². The minimum Gasteiger partial charge on any atom is -0.381 e. The zero-order valence-corrected chi connectivity index (χ0v) is 13.4. The van der Waals surface area contributed by atoms with Crippen LogP contribution in [0.1, 0.15) is 37.3 Å². The molecule has 1 saturated carbocycles. The highest BCUT2D eigenvalue weighted by Gasteiger charge is 2.33. The maximum atomic E-state index is 5.59. The summed E-state index contributed by atoms with van der Waals surface area (Å²) in [7, 11) is 2.25. The first kappa shape index (κ1) is 14.4. The largest absolute Gasteiger partial charge is 0.381 e. The van der Waals surface area contributed by atoms with Crippen molar-refractivity contribution < 1.29 is 4.74 Å². The Morgan fingerprint density at radius 3 is 2.73 bits per heavy atom. The third kappa shape index (κ3) is 3.10. The number of rotatable bonds is 5. The maximum absolute atomic E-state index is 5.59. The standard InChI is InChI=1S/C17H26N4O/c1-20(9-13-3-2-8-22-12-13)15-10-21(11-15)17-7-6-16(18-19-17)14-4-5-14/h6-7,13-15H,2-5,8-12H2,1H3. The summed E-state index contributed by atoms with van der Waals surface area (Å²) >= 11 is 0. The first-order valence-corrected chi connectivity index (χ1v) is 8.66. The Hall–Kier alpha value is -1.20. The van der Waals surface area contributed by atoms with Crippen molar-refractivity contribution in [1.82, 2.24) is 15.1 Å². The van der Waals surface area contributed by atoms with Crippen molar-refractivity contribution in [3.05, 3.63) is 17.8 Å². The molecule has 1 aromatic rings. The van der Waals surface area contributed by atoms with Crippen molar-refractivity contribution in [1.29, 1.82) is 0 Å². The van der Waals surface area contributed by atoms with Crippen LogP contribution in [-0.4, -0.2) is 61.0 Å². The second-order valence-corrected chi connectivity index (χ2v) is 7.17. The van der Waals surface area contributed by atoms with Crippen LogP contribution in [0.5, 0.6) is 0 Å². The highest BCUT2D eigenvalue weighted by Crippen LogP contribution is 2.38. The minimum absolute atomic E-state index is 0.645. The lowest BCUT2D eigenvalue weighted by molar-refractivity contribution is 0.0339. The van der Waals surface area contributed by atoms with Crippen LogP contribution in [0.25, 0.3) is 0 Å². The molecule has 3 aliphatic rings. The first-order valence-electron chi connectivity index (χ1n) is 8.66. The summed E-state index contributed by atoms with van der Waals surface area (Å²) in [6, 6.07) is 4.95. The molecule has 0 N–H and O–H groups in total. The number of hydrogen-bond donors (Lipinski definition) is 0. The van der Waals surface area contributed by atoms with Gasteiger partial charge in [0.2, 0.25) is 0 Å². The normalized spacial score (nSPS) is 26.3. The van der Waals surface area contributed by atoms with Gasteiger partial charge in [-0.3, -0.25) is 4.90 Å². The van der Waals surface area contributed by atoms with Gasteiger partial charge in [-0.2, -0.15) is 5.10 Å². The molecule has 1 aromatic heterocycles. The molecule has 0 spiro atoms. The van der Waals surface area contributed by atoms with Gasteiger partial charge in [-0.05, 0) is 50.8 Å². The topological polar surface area (TPSA) is 41.5 Å². The van der Waals surface area contributed by atoms with E-state index in [4.69, 9.17) is 4.74 Å². The van der Waals surface area contributed by atoms with E-state index in [0.29, 0.717) is 17.9 Å². The fourth-order valence-corrected chi connectivity index (χ4v) is 3.53. The zero-order valence-electron chi connectivity index (χ0n) is 13.4. The van der Waals surface area contributed by atoms with Crippen molar-refractivity contribution in [2.75, 3.05) is 44.8 Å². The molecule has 22 heavy (non-hydrogen) atoms. The van der Waals surface area contributed by atoms with E-state index in [1.807, 2.05) is 0 Å². The number of anilines is 1. The molecule has 0 aromatic carbocycles. The molecule has 2 aliphatic heterocycles. The lowest BCUT2D eigenvalue weighted by atomic mass is 9.99. The van der Waals surface area contributed by atoms with Crippen molar-refractivity contribution in [2.45, 2.75) is 37.6 Å². The Labute approximate surface area is 132 Å². The second kappa shape index (κ2) is 6.13. The summed E-state index contributed by atoms with van der Waals surface area (Å²) in [5.41, 5.74) is 1.18. The predicted molar refractivity (Wildman–Crippen MR) is 86.2 cm³/mol. The molecular formula is C17H26N4O. The molecule has 0 bridgehead atoms. The molecule has 5 nitrogen and oxygen atoms in total. The van der Waals surface area contributed by atoms with Crippen molar-refractivity contribution >= 4 is 5.82 Å². The molecule has 120 valence electrons. The average Bonchev–Trinajstić information content (AvgIpc) is 3.32. The monoisotopic (exact) mass is 302 g/mol. The van der Waals surface area contributed by atoms with Gasteiger partial charge in [0, 0.05) is 38.2 Å². The SMILES string of the molecule is CN(CC1CCCOC1)C1CN(c2ccc(C3CC3)nn2)C1. The van der Waals surface area contributed by atoms with Crippen LogP contribution in [0.15, 0.2) is 12.1 Å². The van der Waals surface area contributed by atoms with Crippen molar-refractivity contribution in [2.24, 2.45) is 5.92 Å². The van der Waals surface area contributed by atoms with E-state index in [2.05, 4.69) is 39.2 Å². The first-order chi connectivity index (χ1) is 10.8. The van der Waals surface area contributed by atoms with Crippen LogP contribution < -0.4 is 4.90 Å². The summed E-state index contributed by atoms with van der Waals surface area (Å²) in [5, 5.41) is 8.79. The number of nitrogens with zero attached hydrogens (tertiary/aromatic N) is 4. The van der Waals surface area contributed by atoms with Crippen LogP contribution in [-0.2, 0) is 4.74 Å². The molecule has 3 fully saturated rings. The molecular weight excluding hydrogens is 276 g/mol. The Balaban J connectivity index is 1.25. The maximum Gasteiger partial charge on any atom is 0.151 e. The summed E-state index contributed by atoms with van der Waals surface area (Å²) < 4.78 is 5.59. The van der Waals surface area contributed by atoms with Gasteiger partial charge in [-0.15, -0.1) is 5.10 Å². The summed E-state index contributed by atoms with van der Waals surface area (Å²) in [5.74, 6) is 2.44. The summed E-state index contributed by atoms with van der Waals surface area (Å²) in [6.07, 6.45) is 5.11. The van der Waals surface area contributed by atoms with Crippen LogP contribution in [0.2, 0.25) is 0 Å². The molecule has 0 amide bonds. The van der Waals surface area contributed by atoms with Crippen molar-refractivity contribution in [3.8, 4) is 0 Å². The molecule has 2 saturated heterocycles. The molecule has 5 heteroatoms. The van der Waals surface area contributed by atoms with Gasteiger partial charge in [0.25, 0.3) is 0 Å². The fourth-order valence-electron chi connectivity index (χ4n) is 3.53. The van der Waals surface area contributed by atoms with Crippen LogP contribution in [0.4, 0.5) is 5.82 Å². The van der Waals surface area contributed by atoms with E-state index in [1.54, 1.807) is 0 Å². The number of aromatic nitrogens is 2. The van der Waals surface area contributed by atoms with E-state index < -0.39 is 0 Å². The summed E-state index contributed by atoms with van der Waals surface area (Å²) in [4.78, 5) is 4.84. The van der Waals surface area contributed by atoms with Crippen molar-refractivity contribution in [3.63, 3.8) is 0 Å². The van der Waals surface area contributed by atoms with Crippen LogP contribution in [0.3, 0.4) is 0 Å². The van der Waals surface area contributed by atoms with E-state index in [1.165, 1.54) is 31.4 Å². The smallest absolute Gasteiger partial charge is 0.151 e. The lowest BCUT2D eigenvalue weighted by Crippen LogP contribution is -2.59. The Bertz CT molecular complexity index is 490. The summed E-state index contributed by atoms with van der Waals surface area (Å²) in [6.45, 7) is 5.19. The van der Waals surface area contributed by atoms with E-state index >= 15 is 0 Å². The number of likely N-dealkylation sites (N-methyl/N-ethyl adjacent to an activating group) is 1. The van der Waals surface area contributed by atoms with Gasteiger partial charge >= 0.3 is 0 Å². The molecule has 1 aliphatic carbocycles. The average molecular weight is 302 g/mol. The Kier molecular flexibility index (Phi) is 4.01. The predicted octanol–water partition coefficient (Wildman–Crippen LogP) is 1.90. The molecule has 4 rings (SSSR count). The van der Waals surface area contributed by atoms with Gasteiger partial charge < -0.3 is 9.64 Å². The van der Waals surface area contributed by atoms with Gasteiger partial charge in [0.1, 0.15) is 0 Å².